The molecule has 2 N–H and O–H groups in total. The summed E-state index contributed by atoms with van der Waals surface area (Å²) < 4.78 is 45.1. The van der Waals surface area contributed by atoms with Crippen LogP contribution in [-0.2, 0) is 12.8 Å². The van der Waals surface area contributed by atoms with E-state index in [0.717, 1.165) is 48.3 Å². The highest BCUT2D eigenvalue weighted by Gasteiger charge is 2.24. The molecule has 11 heteroatoms. The summed E-state index contributed by atoms with van der Waals surface area (Å²) in [6.45, 7) is 0. The van der Waals surface area contributed by atoms with Gasteiger partial charge in [0.05, 0.1) is 22.5 Å². The molecule has 1 aliphatic rings. The number of carbonyl (C=O) groups excluding carboxylic acids is 1. The van der Waals surface area contributed by atoms with Crippen LogP contribution in [0.3, 0.4) is 0 Å². The predicted octanol–water partition coefficient (Wildman–Crippen LogP) is 6.90. The molecule has 0 spiro atoms. The van der Waals surface area contributed by atoms with Gasteiger partial charge in [0, 0.05) is 29.7 Å². The SMILES string of the molecule is CN(C)C1Cc2ccc(Nc3nccc(-c4c(-c5ccc(F)c(NC(=O)c6c(F)cccc6F)c5)nn5ccccc45)n3)cc2C1. The first kappa shape index (κ1) is 29.2. The third-order valence-corrected chi connectivity index (χ3v) is 8.23. The van der Waals surface area contributed by atoms with Gasteiger partial charge in [0.25, 0.3) is 5.91 Å². The van der Waals surface area contributed by atoms with Crippen molar-refractivity contribution in [2.75, 3.05) is 24.7 Å². The highest BCUT2D eigenvalue weighted by Crippen LogP contribution is 2.36. The molecule has 0 bridgehead atoms. The summed E-state index contributed by atoms with van der Waals surface area (Å²) in [5.74, 6) is -3.61. The second kappa shape index (κ2) is 11.8. The van der Waals surface area contributed by atoms with Gasteiger partial charge in [-0.15, -0.1) is 0 Å². The minimum Gasteiger partial charge on any atom is -0.324 e. The number of hydrogen-bond donors (Lipinski definition) is 2. The molecule has 0 saturated heterocycles. The maximum Gasteiger partial charge on any atom is 0.261 e. The van der Waals surface area contributed by atoms with Crippen molar-refractivity contribution in [2.45, 2.75) is 18.9 Å². The lowest BCUT2D eigenvalue weighted by atomic mass is 10.0. The molecule has 3 heterocycles. The van der Waals surface area contributed by atoms with Crippen LogP contribution in [-0.4, -0.2) is 50.5 Å². The third-order valence-electron chi connectivity index (χ3n) is 8.23. The molecule has 1 atom stereocenters. The largest absolute Gasteiger partial charge is 0.324 e. The number of halogens is 3. The van der Waals surface area contributed by atoms with E-state index in [1.807, 2.05) is 24.3 Å². The molecule has 1 aliphatic carbocycles. The molecule has 1 unspecified atom stereocenters. The zero-order valence-corrected chi connectivity index (χ0v) is 24.9. The van der Waals surface area contributed by atoms with E-state index in [2.05, 4.69) is 46.7 Å². The smallest absolute Gasteiger partial charge is 0.261 e. The first-order valence-electron chi connectivity index (χ1n) is 14.7. The molecule has 230 valence electrons. The van der Waals surface area contributed by atoms with Crippen LogP contribution in [0, 0.1) is 17.5 Å². The standard InChI is InChI=1S/C35H28F3N7O/c1-44(2)24-17-20-9-11-23(16-22(20)18-24)40-35-39-14-13-28(42-35)32-30-8-3-4-15-45(30)43-33(32)21-10-12-25(36)29(19-21)41-34(46)31-26(37)6-5-7-27(31)38/h3-16,19,24H,17-18H2,1-2H3,(H,41,46)(H,39,40,42). The number of hydrogen-bond acceptors (Lipinski definition) is 6. The number of aromatic nitrogens is 4. The number of rotatable bonds is 7. The Morgan fingerprint density at radius 1 is 0.891 bits per heavy atom. The molecular weight excluding hydrogens is 591 g/mol. The molecule has 7 rings (SSSR count). The highest BCUT2D eigenvalue weighted by molar-refractivity contribution is 6.05. The van der Waals surface area contributed by atoms with Crippen LogP contribution in [0.1, 0.15) is 21.5 Å². The summed E-state index contributed by atoms with van der Waals surface area (Å²) in [4.78, 5) is 24.3. The number of benzene rings is 3. The monoisotopic (exact) mass is 619 g/mol. The molecule has 46 heavy (non-hydrogen) atoms. The van der Waals surface area contributed by atoms with Gasteiger partial charge in [0.1, 0.15) is 28.7 Å². The lowest BCUT2D eigenvalue weighted by molar-refractivity contribution is 0.101. The van der Waals surface area contributed by atoms with E-state index in [4.69, 9.17) is 10.1 Å². The van der Waals surface area contributed by atoms with Crippen molar-refractivity contribution < 1.29 is 18.0 Å². The van der Waals surface area contributed by atoms with Crippen molar-refractivity contribution >= 4 is 28.7 Å². The van der Waals surface area contributed by atoms with Gasteiger partial charge in [0.15, 0.2) is 0 Å². The summed E-state index contributed by atoms with van der Waals surface area (Å²) in [5.41, 5.74) is 5.30. The van der Waals surface area contributed by atoms with Crippen LogP contribution in [0.15, 0.2) is 91.3 Å². The van der Waals surface area contributed by atoms with Gasteiger partial charge in [-0.05, 0) is 98.7 Å². The fourth-order valence-electron chi connectivity index (χ4n) is 5.85. The molecule has 8 nitrogen and oxygen atoms in total. The van der Waals surface area contributed by atoms with Gasteiger partial charge < -0.3 is 15.5 Å². The van der Waals surface area contributed by atoms with Crippen molar-refractivity contribution in [1.82, 2.24) is 24.5 Å². The second-order valence-electron chi connectivity index (χ2n) is 11.4. The quantitative estimate of drug-likeness (QED) is 0.202. The van der Waals surface area contributed by atoms with E-state index in [1.165, 1.54) is 23.3 Å². The summed E-state index contributed by atoms with van der Waals surface area (Å²) in [6, 6.07) is 21.2. The van der Waals surface area contributed by atoms with Crippen molar-refractivity contribution in [3.8, 4) is 22.5 Å². The summed E-state index contributed by atoms with van der Waals surface area (Å²) >= 11 is 0. The number of nitrogens with zero attached hydrogens (tertiary/aromatic N) is 5. The van der Waals surface area contributed by atoms with Gasteiger partial charge in [-0.25, -0.2) is 27.7 Å². The number of pyridine rings is 1. The molecular formula is C35H28F3N7O. The molecule has 6 aromatic rings. The van der Waals surface area contributed by atoms with Crippen molar-refractivity contribution in [1.29, 1.82) is 0 Å². The fraction of sp³-hybridized carbons (Fsp3) is 0.143. The van der Waals surface area contributed by atoms with E-state index < -0.39 is 28.9 Å². The third kappa shape index (κ3) is 5.45. The van der Waals surface area contributed by atoms with E-state index in [0.29, 0.717) is 34.5 Å². The Balaban J connectivity index is 1.24. The number of carbonyl (C=O) groups is 1. The first-order valence-corrected chi connectivity index (χ1v) is 14.7. The average molecular weight is 620 g/mol. The van der Waals surface area contributed by atoms with Gasteiger partial charge in [-0.2, -0.15) is 5.10 Å². The molecule has 3 aromatic heterocycles. The van der Waals surface area contributed by atoms with E-state index in [1.54, 1.807) is 23.0 Å². The molecule has 1 amide bonds. The van der Waals surface area contributed by atoms with Crippen LogP contribution in [0.2, 0.25) is 0 Å². The Labute approximate surface area is 262 Å². The maximum atomic E-state index is 14.9. The van der Waals surface area contributed by atoms with E-state index >= 15 is 0 Å². The zero-order valence-electron chi connectivity index (χ0n) is 24.9. The first-order chi connectivity index (χ1) is 22.2. The Morgan fingerprint density at radius 3 is 2.50 bits per heavy atom. The topological polar surface area (TPSA) is 87.5 Å². The second-order valence-corrected chi connectivity index (χ2v) is 11.4. The van der Waals surface area contributed by atoms with Crippen molar-refractivity contribution in [3.05, 3.63) is 125 Å². The van der Waals surface area contributed by atoms with Crippen LogP contribution >= 0.6 is 0 Å². The summed E-state index contributed by atoms with van der Waals surface area (Å²) in [7, 11) is 4.19. The summed E-state index contributed by atoms with van der Waals surface area (Å²) in [5, 5.41) is 10.4. The van der Waals surface area contributed by atoms with Crippen molar-refractivity contribution in [3.63, 3.8) is 0 Å². The average Bonchev–Trinajstić information content (AvgIpc) is 3.64. The molecule has 3 aromatic carbocycles. The van der Waals surface area contributed by atoms with Gasteiger partial charge >= 0.3 is 0 Å². The minimum absolute atomic E-state index is 0.258. The lowest BCUT2D eigenvalue weighted by Gasteiger charge is -2.17. The van der Waals surface area contributed by atoms with Gasteiger partial charge in [0.2, 0.25) is 5.95 Å². The number of nitrogens with one attached hydrogen (secondary N) is 2. The fourth-order valence-corrected chi connectivity index (χ4v) is 5.85. The van der Waals surface area contributed by atoms with E-state index in [-0.39, 0.29) is 5.69 Å². The van der Waals surface area contributed by atoms with Gasteiger partial charge in [-0.3, -0.25) is 4.79 Å². The Bertz CT molecular complexity index is 2110. The predicted molar refractivity (Wildman–Crippen MR) is 171 cm³/mol. The Morgan fingerprint density at radius 2 is 1.70 bits per heavy atom. The molecule has 0 saturated carbocycles. The normalized spacial score (nSPS) is 14.1. The molecule has 0 fully saturated rings. The number of fused-ring (bicyclic) bond motifs is 2. The zero-order chi connectivity index (χ0) is 31.9. The van der Waals surface area contributed by atoms with Crippen LogP contribution in [0.25, 0.3) is 28.0 Å². The maximum absolute atomic E-state index is 14.9. The molecule has 0 radical (unpaired) electrons. The minimum atomic E-state index is -1.11. The lowest BCUT2D eigenvalue weighted by Crippen LogP contribution is -2.27. The van der Waals surface area contributed by atoms with Crippen LogP contribution < -0.4 is 10.6 Å². The summed E-state index contributed by atoms with van der Waals surface area (Å²) in [6.07, 6.45) is 5.41. The van der Waals surface area contributed by atoms with E-state index in [9.17, 15) is 18.0 Å². The Kier molecular flexibility index (Phi) is 7.45. The highest BCUT2D eigenvalue weighted by atomic mass is 19.1. The van der Waals surface area contributed by atoms with Gasteiger partial charge in [-0.1, -0.05) is 18.2 Å². The van der Waals surface area contributed by atoms with Crippen LogP contribution in [0.5, 0.6) is 0 Å². The van der Waals surface area contributed by atoms with Crippen molar-refractivity contribution in [2.24, 2.45) is 0 Å². The number of anilines is 3. The Hall–Kier alpha value is -5.55. The molecule has 0 aliphatic heterocycles. The number of likely N-dealkylation sites (N-methyl/N-ethyl adjacent to an activating group) is 1. The van der Waals surface area contributed by atoms with Crippen LogP contribution in [0.4, 0.5) is 30.5 Å². The number of amides is 1.